The third kappa shape index (κ3) is 1.40. The zero-order valence-electron chi connectivity index (χ0n) is 8.71. The number of aliphatic hydroxyl groups is 1. The molecule has 0 saturated carbocycles. The van der Waals surface area contributed by atoms with Gasteiger partial charge in [0.1, 0.15) is 5.75 Å². The molecule has 1 aliphatic rings. The average molecular weight is 192 g/mol. The van der Waals surface area contributed by atoms with Crippen LogP contribution in [0.2, 0.25) is 0 Å². The molecule has 1 aliphatic carbocycles. The zero-order valence-corrected chi connectivity index (χ0v) is 8.71. The summed E-state index contributed by atoms with van der Waals surface area (Å²) >= 11 is 0. The second kappa shape index (κ2) is 3.62. The molecule has 0 bridgehead atoms. The van der Waals surface area contributed by atoms with Crippen molar-refractivity contribution in [2.75, 3.05) is 7.11 Å². The summed E-state index contributed by atoms with van der Waals surface area (Å²) in [5, 5.41) is 9.72. The Bertz CT molecular complexity index is 342. The van der Waals surface area contributed by atoms with Gasteiger partial charge in [0, 0.05) is 5.56 Å². The first-order valence-corrected chi connectivity index (χ1v) is 5.10. The molecule has 2 rings (SSSR count). The van der Waals surface area contributed by atoms with Crippen molar-refractivity contribution >= 4 is 0 Å². The van der Waals surface area contributed by atoms with Gasteiger partial charge < -0.3 is 9.84 Å². The van der Waals surface area contributed by atoms with Gasteiger partial charge in [0.05, 0.1) is 13.2 Å². The predicted octanol–water partition coefficient (Wildman–Crippen LogP) is 2.24. The molecule has 14 heavy (non-hydrogen) atoms. The topological polar surface area (TPSA) is 29.5 Å². The lowest BCUT2D eigenvalue weighted by Gasteiger charge is -2.15. The normalized spacial score (nSPS) is 16.5. The molecule has 1 atom stereocenters. The zero-order chi connectivity index (χ0) is 10.1. The lowest BCUT2D eigenvalue weighted by atomic mass is 9.98. The van der Waals surface area contributed by atoms with Gasteiger partial charge in [-0.3, -0.25) is 0 Å². The van der Waals surface area contributed by atoms with Gasteiger partial charge >= 0.3 is 0 Å². The lowest BCUT2D eigenvalue weighted by Crippen LogP contribution is -2.01. The van der Waals surface area contributed by atoms with Crippen LogP contribution < -0.4 is 4.74 Å². The number of benzene rings is 1. The van der Waals surface area contributed by atoms with Crippen LogP contribution in [0.3, 0.4) is 0 Å². The molecular formula is C12H16O2. The van der Waals surface area contributed by atoms with Crippen LogP contribution in [0.1, 0.15) is 36.1 Å². The van der Waals surface area contributed by atoms with Crippen molar-refractivity contribution < 1.29 is 9.84 Å². The van der Waals surface area contributed by atoms with Crippen LogP contribution >= 0.6 is 0 Å². The fraction of sp³-hybridized carbons (Fsp3) is 0.500. The quantitative estimate of drug-likeness (QED) is 0.778. The van der Waals surface area contributed by atoms with Crippen molar-refractivity contribution in [1.29, 1.82) is 0 Å². The Hall–Kier alpha value is -1.02. The molecule has 0 aliphatic heterocycles. The van der Waals surface area contributed by atoms with Crippen molar-refractivity contribution in [3.05, 3.63) is 28.8 Å². The van der Waals surface area contributed by atoms with Gasteiger partial charge in [-0.05, 0) is 43.4 Å². The van der Waals surface area contributed by atoms with Crippen LogP contribution in [0, 0.1) is 0 Å². The van der Waals surface area contributed by atoms with E-state index in [0.717, 1.165) is 24.2 Å². The molecule has 76 valence electrons. The maximum atomic E-state index is 9.72. The summed E-state index contributed by atoms with van der Waals surface area (Å²) < 4.78 is 5.27. The van der Waals surface area contributed by atoms with E-state index in [4.69, 9.17) is 4.74 Å². The first-order valence-electron chi connectivity index (χ1n) is 5.10. The minimum absolute atomic E-state index is 0.432. The first kappa shape index (κ1) is 9.53. The third-order valence-corrected chi connectivity index (χ3v) is 2.92. The standard InChI is InChI=1S/C12H16O2/c1-8(13)12-10-5-3-4-9(10)6-7-11(12)14-2/h6-8,13H,3-5H2,1-2H3. The van der Waals surface area contributed by atoms with Gasteiger partial charge in [-0.15, -0.1) is 0 Å². The highest BCUT2D eigenvalue weighted by molar-refractivity contribution is 5.48. The van der Waals surface area contributed by atoms with E-state index >= 15 is 0 Å². The number of ether oxygens (including phenoxy) is 1. The van der Waals surface area contributed by atoms with E-state index in [9.17, 15) is 5.11 Å². The molecule has 0 saturated heterocycles. The molecule has 1 aromatic carbocycles. The van der Waals surface area contributed by atoms with E-state index in [1.165, 1.54) is 17.5 Å². The minimum Gasteiger partial charge on any atom is -0.496 e. The molecule has 0 heterocycles. The lowest BCUT2D eigenvalue weighted by molar-refractivity contribution is 0.193. The van der Waals surface area contributed by atoms with Crippen LogP contribution in [0.5, 0.6) is 5.75 Å². The largest absolute Gasteiger partial charge is 0.496 e. The van der Waals surface area contributed by atoms with Crippen molar-refractivity contribution in [2.45, 2.75) is 32.3 Å². The Morgan fingerprint density at radius 3 is 2.79 bits per heavy atom. The molecule has 0 spiro atoms. The summed E-state index contributed by atoms with van der Waals surface area (Å²) in [5.41, 5.74) is 3.67. The van der Waals surface area contributed by atoms with Gasteiger partial charge in [-0.25, -0.2) is 0 Å². The molecule has 1 N–H and O–H groups in total. The SMILES string of the molecule is COc1ccc2c(c1C(C)O)CCC2. The number of aliphatic hydroxyl groups excluding tert-OH is 1. The summed E-state index contributed by atoms with van der Waals surface area (Å²) in [6.07, 6.45) is 2.98. The van der Waals surface area contributed by atoms with Gasteiger partial charge in [-0.2, -0.15) is 0 Å². The molecule has 0 radical (unpaired) electrons. The minimum atomic E-state index is -0.432. The molecular weight excluding hydrogens is 176 g/mol. The molecule has 0 fully saturated rings. The fourth-order valence-corrected chi connectivity index (χ4v) is 2.31. The van der Waals surface area contributed by atoms with E-state index in [1.807, 2.05) is 6.07 Å². The summed E-state index contributed by atoms with van der Waals surface area (Å²) in [5.74, 6) is 0.820. The van der Waals surface area contributed by atoms with E-state index < -0.39 is 6.10 Å². The van der Waals surface area contributed by atoms with Crippen LogP contribution in [0.25, 0.3) is 0 Å². The van der Waals surface area contributed by atoms with Gasteiger partial charge in [0.15, 0.2) is 0 Å². The Balaban J connectivity index is 2.56. The molecule has 1 aromatic rings. The summed E-state index contributed by atoms with van der Waals surface area (Å²) in [6.45, 7) is 1.80. The fourth-order valence-electron chi connectivity index (χ4n) is 2.31. The van der Waals surface area contributed by atoms with E-state index in [-0.39, 0.29) is 0 Å². The molecule has 2 nitrogen and oxygen atoms in total. The highest BCUT2D eigenvalue weighted by Gasteiger charge is 2.20. The van der Waals surface area contributed by atoms with Gasteiger partial charge in [0.2, 0.25) is 0 Å². The highest BCUT2D eigenvalue weighted by atomic mass is 16.5. The molecule has 0 amide bonds. The number of fused-ring (bicyclic) bond motifs is 1. The Kier molecular flexibility index (Phi) is 2.46. The number of aryl methyl sites for hydroxylation is 1. The number of rotatable bonds is 2. The van der Waals surface area contributed by atoms with Crippen molar-refractivity contribution in [3.63, 3.8) is 0 Å². The summed E-state index contributed by atoms with van der Waals surface area (Å²) in [6, 6.07) is 4.08. The van der Waals surface area contributed by atoms with Crippen LogP contribution in [-0.4, -0.2) is 12.2 Å². The highest BCUT2D eigenvalue weighted by Crippen LogP contribution is 2.35. The van der Waals surface area contributed by atoms with Gasteiger partial charge in [-0.1, -0.05) is 6.07 Å². The van der Waals surface area contributed by atoms with E-state index in [0.29, 0.717) is 0 Å². The average Bonchev–Trinajstić information content (AvgIpc) is 2.62. The summed E-state index contributed by atoms with van der Waals surface area (Å²) in [7, 11) is 1.66. The second-order valence-corrected chi connectivity index (χ2v) is 3.85. The Labute approximate surface area is 84.5 Å². The van der Waals surface area contributed by atoms with Crippen LogP contribution in [0.15, 0.2) is 12.1 Å². The van der Waals surface area contributed by atoms with E-state index in [1.54, 1.807) is 14.0 Å². The molecule has 0 aromatic heterocycles. The smallest absolute Gasteiger partial charge is 0.124 e. The Morgan fingerprint density at radius 1 is 1.36 bits per heavy atom. The third-order valence-electron chi connectivity index (χ3n) is 2.92. The van der Waals surface area contributed by atoms with Crippen molar-refractivity contribution in [3.8, 4) is 5.75 Å². The van der Waals surface area contributed by atoms with Gasteiger partial charge in [0.25, 0.3) is 0 Å². The number of hydrogen-bond donors (Lipinski definition) is 1. The second-order valence-electron chi connectivity index (χ2n) is 3.85. The number of hydrogen-bond acceptors (Lipinski definition) is 2. The van der Waals surface area contributed by atoms with E-state index in [2.05, 4.69) is 6.07 Å². The molecule has 1 unspecified atom stereocenters. The predicted molar refractivity (Wildman–Crippen MR) is 55.7 cm³/mol. The first-order chi connectivity index (χ1) is 6.74. The van der Waals surface area contributed by atoms with Crippen LogP contribution in [0.4, 0.5) is 0 Å². The Morgan fingerprint density at radius 2 is 2.14 bits per heavy atom. The maximum absolute atomic E-state index is 9.72. The van der Waals surface area contributed by atoms with Crippen LogP contribution in [-0.2, 0) is 12.8 Å². The summed E-state index contributed by atoms with van der Waals surface area (Å²) in [4.78, 5) is 0. The maximum Gasteiger partial charge on any atom is 0.124 e. The van der Waals surface area contributed by atoms with Crippen molar-refractivity contribution in [2.24, 2.45) is 0 Å². The number of methoxy groups -OCH3 is 1. The monoisotopic (exact) mass is 192 g/mol. The molecule has 2 heteroatoms. The van der Waals surface area contributed by atoms with Crippen molar-refractivity contribution in [1.82, 2.24) is 0 Å².